The molecule has 0 aliphatic rings. The van der Waals surface area contributed by atoms with E-state index in [1.54, 1.807) is 37.3 Å². The lowest BCUT2D eigenvalue weighted by molar-refractivity contribution is -0.112. The van der Waals surface area contributed by atoms with E-state index in [0.29, 0.717) is 16.3 Å². The number of nitriles is 1. The SMILES string of the molecule is Cc1c(Cl)cccc1NC(=O)/C(C#N)=C/c1ccccc1F. The van der Waals surface area contributed by atoms with Gasteiger partial charge in [0.2, 0.25) is 0 Å². The standard InChI is InChI=1S/C17H12ClFN2O/c1-11-14(18)6-4-8-16(11)21-17(22)13(10-20)9-12-5-2-3-7-15(12)19/h2-9H,1H3,(H,21,22)/b13-9+. The molecule has 2 rings (SSSR count). The number of hydrogen-bond acceptors (Lipinski definition) is 2. The van der Waals surface area contributed by atoms with Gasteiger partial charge in [-0.3, -0.25) is 4.79 Å². The number of rotatable bonds is 3. The van der Waals surface area contributed by atoms with Gasteiger partial charge < -0.3 is 5.32 Å². The molecule has 0 heterocycles. The summed E-state index contributed by atoms with van der Waals surface area (Å²) in [5.41, 5.74) is 1.19. The molecule has 0 aliphatic carbocycles. The predicted molar refractivity (Wildman–Crippen MR) is 84.8 cm³/mol. The zero-order valence-electron chi connectivity index (χ0n) is 11.7. The molecule has 0 unspecified atom stereocenters. The van der Waals surface area contributed by atoms with Gasteiger partial charge in [-0.05, 0) is 36.8 Å². The average Bonchev–Trinajstić information content (AvgIpc) is 2.51. The van der Waals surface area contributed by atoms with E-state index < -0.39 is 11.7 Å². The van der Waals surface area contributed by atoms with Crippen LogP contribution in [0.5, 0.6) is 0 Å². The number of hydrogen-bond donors (Lipinski definition) is 1. The third kappa shape index (κ3) is 3.51. The highest BCUT2D eigenvalue weighted by molar-refractivity contribution is 6.31. The van der Waals surface area contributed by atoms with E-state index in [2.05, 4.69) is 5.32 Å². The summed E-state index contributed by atoms with van der Waals surface area (Å²) in [6, 6.07) is 12.8. The highest BCUT2D eigenvalue weighted by atomic mass is 35.5. The van der Waals surface area contributed by atoms with Crippen LogP contribution in [0.15, 0.2) is 48.0 Å². The Bertz CT molecular complexity index is 793. The molecule has 0 aromatic heterocycles. The lowest BCUT2D eigenvalue weighted by Gasteiger charge is -2.09. The highest BCUT2D eigenvalue weighted by Crippen LogP contribution is 2.23. The number of nitrogens with zero attached hydrogens (tertiary/aromatic N) is 1. The second-order valence-electron chi connectivity index (χ2n) is 4.56. The minimum Gasteiger partial charge on any atom is -0.321 e. The van der Waals surface area contributed by atoms with Crippen LogP contribution in [0.4, 0.5) is 10.1 Å². The largest absolute Gasteiger partial charge is 0.321 e. The minimum absolute atomic E-state index is 0.178. The van der Waals surface area contributed by atoms with Crippen LogP contribution in [-0.2, 0) is 4.79 Å². The molecule has 0 spiro atoms. The topological polar surface area (TPSA) is 52.9 Å². The van der Waals surface area contributed by atoms with Gasteiger partial charge in [-0.25, -0.2) is 4.39 Å². The van der Waals surface area contributed by atoms with E-state index in [0.717, 1.165) is 0 Å². The van der Waals surface area contributed by atoms with Crippen molar-refractivity contribution >= 4 is 29.3 Å². The van der Waals surface area contributed by atoms with Crippen LogP contribution in [-0.4, -0.2) is 5.91 Å². The second-order valence-corrected chi connectivity index (χ2v) is 4.97. The molecule has 110 valence electrons. The number of carbonyl (C=O) groups is 1. The summed E-state index contributed by atoms with van der Waals surface area (Å²) in [5.74, 6) is -1.11. The van der Waals surface area contributed by atoms with Crippen LogP contribution >= 0.6 is 11.6 Å². The first-order chi connectivity index (χ1) is 10.5. The van der Waals surface area contributed by atoms with Crippen molar-refractivity contribution in [2.45, 2.75) is 6.92 Å². The average molecular weight is 315 g/mol. The number of anilines is 1. The molecule has 0 aliphatic heterocycles. The molecule has 0 saturated heterocycles. The van der Waals surface area contributed by atoms with Crippen molar-refractivity contribution in [2.24, 2.45) is 0 Å². The lowest BCUT2D eigenvalue weighted by Crippen LogP contribution is -2.14. The third-order valence-electron chi connectivity index (χ3n) is 3.09. The summed E-state index contributed by atoms with van der Waals surface area (Å²) >= 11 is 5.98. The fraction of sp³-hybridized carbons (Fsp3) is 0.0588. The fourth-order valence-electron chi connectivity index (χ4n) is 1.83. The van der Waals surface area contributed by atoms with Crippen LogP contribution in [0, 0.1) is 24.1 Å². The summed E-state index contributed by atoms with van der Waals surface area (Å²) < 4.78 is 13.6. The van der Waals surface area contributed by atoms with Gasteiger partial charge in [0.15, 0.2) is 0 Å². The molecule has 2 aromatic carbocycles. The summed E-state index contributed by atoms with van der Waals surface area (Å²) in [7, 11) is 0. The van der Waals surface area contributed by atoms with Crippen molar-refractivity contribution in [3.05, 3.63) is 70.0 Å². The van der Waals surface area contributed by atoms with E-state index in [-0.39, 0.29) is 11.1 Å². The number of carbonyl (C=O) groups excluding carboxylic acids is 1. The molecule has 5 heteroatoms. The summed E-state index contributed by atoms with van der Waals surface area (Å²) in [4.78, 5) is 12.2. The van der Waals surface area contributed by atoms with Gasteiger partial charge in [0, 0.05) is 16.3 Å². The maximum atomic E-state index is 13.6. The van der Waals surface area contributed by atoms with Crippen LogP contribution in [0.2, 0.25) is 5.02 Å². The Balaban J connectivity index is 2.29. The summed E-state index contributed by atoms with van der Waals surface area (Å²) in [6.45, 7) is 1.75. The Labute approximate surface area is 132 Å². The molecule has 3 nitrogen and oxygen atoms in total. The fourth-order valence-corrected chi connectivity index (χ4v) is 2.00. The smallest absolute Gasteiger partial charge is 0.266 e. The monoisotopic (exact) mass is 314 g/mol. The van der Waals surface area contributed by atoms with Gasteiger partial charge in [0.1, 0.15) is 17.5 Å². The molecule has 1 amide bonds. The zero-order chi connectivity index (χ0) is 16.1. The van der Waals surface area contributed by atoms with Crippen molar-refractivity contribution in [1.29, 1.82) is 5.26 Å². The Kier molecular flexibility index (Phi) is 4.92. The summed E-state index contributed by atoms with van der Waals surface area (Å²) in [5, 5.41) is 12.2. The first-order valence-corrected chi connectivity index (χ1v) is 6.83. The molecule has 0 fully saturated rings. The number of halogens is 2. The van der Waals surface area contributed by atoms with Crippen molar-refractivity contribution in [3.63, 3.8) is 0 Å². The first-order valence-electron chi connectivity index (χ1n) is 6.45. The maximum Gasteiger partial charge on any atom is 0.266 e. The van der Waals surface area contributed by atoms with E-state index in [9.17, 15) is 9.18 Å². The van der Waals surface area contributed by atoms with Gasteiger partial charge >= 0.3 is 0 Å². The number of amides is 1. The molecule has 2 aromatic rings. The van der Waals surface area contributed by atoms with Gasteiger partial charge in [-0.2, -0.15) is 5.26 Å². The second kappa shape index (κ2) is 6.88. The van der Waals surface area contributed by atoms with E-state index in [1.165, 1.54) is 24.3 Å². The van der Waals surface area contributed by atoms with Crippen molar-refractivity contribution < 1.29 is 9.18 Å². The molecule has 0 atom stereocenters. The normalized spacial score (nSPS) is 10.9. The molecule has 1 N–H and O–H groups in total. The van der Waals surface area contributed by atoms with Crippen molar-refractivity contribution in [3.8, 4) is 6.07 Å². The van der Waals surface area contributed by atoms with Gasteiger partial charge in [-0.1, -0.05) is 35.9 Å². The zero-order valence-corrected chi connectivity index (χ0v) is 12.5. The van der Waals surface area contributed by atoms with E-state index in [1.807, 2.05) is 0 Å². The van der Waals surface area contributed by atoms with Crippen molar-refractivity contribution in [2.75, 3.05) is 5.32 Å². The van der Waals surface area contributed by atoms with E-state index in [4.69, 9.17) is 16.9 Å². The molecular weight excluding hydrogens is 303 g/mol. The molecule has 0 bridgehead atoms. The molecule has 22 heavy (non-hydrogen) atoms. The van der Waals surface area contributed by atoms with Crippen LogP contribution < -0.4 is 5.32 Å². The van der Waals surface area contributed by atoms with Crippen LogP contribution in [0.1, 0.15) is 11.1 Å². The molecular formula is C17H12ClFN2O. The number of nitrogens with one attached hydrogen (secondary N) is 1. The number of benzene rings is 2. The molecule has 0 saturated carbocycles. The van der Waals surface area contributed by atoms with Crippen molar-refractivity contribution in [1.82, 2.24) is 0 Å². The van der Waals surface area contributed by atoms with Gasteiger partial charge in [0.05, 0.1) is 0 Å². The third-order valence-corrected chi connectivity index (χ3v) is 3.50. The van der Waals surface area contributed by atoms with Crippen LogP contribution in [0.3, 0.4) is 0 Å². The van der Waals surface area contributed by atoms with Gasteiger partial charge in [-0.15, -0.1) is 0 Å². The highest BCUT2D eigenvalue weighted by Gasteiger charge is 2.12. The van der Waals surface area contributed by atoms with Gasteiger partial charge in [0.25, 0.3) is 5.91 Å². The molecule has 0 radical (unpaired) electrons. The lowest BCUT2D eigenvalue weighted by atomic mass is 10.1. The Morgan fingerprint density at radius 1 is 1.27 bits per heavy atom. The summed E-state index contributed by atoms with van der Waals surface area (Å²) in [6.07, 6.45) is 1.21. The Morgan fingerprint density at radius 2 is 2.00 bits per heavy atom. The maximum absolute atomic E-state index is 13.6. The first kappa shape index (κ1) is 15.7. The van der Waals surface area contributed by atoms with E-state index >= 15 is 0 Å². The Hall–Kier alpha value is -2.64. The predicted octanol–water partition coefficient (Wildman–Crippen LogP) is 4.33. The Morgan fingerprint density at radius 3 is 2.68 bits per heavy atom. The quantitative estimate of drug-likeness (QED) is 0.677. The minimum atomic E-state index is -0.615. The van der Waals surface area contributed by atoms with Crippen LogP contribution in [0.25, 0.3) is 6.08 Å².